The second-order valence-corrected chi connectivity index (χ2v) is 7.41. The fraction of sp³-hybridized carbons (Fsp3) is 0.280. The molecule has 0 aliphatic rings. The molecular formula is C25H28N2O4. The Morgan fingerprint density at radius 2 is 1.68 bits per heavy atom. The van der Waals surface area contributed by atoms with Crippen LogP contribution >= 0.6 is 0 Å². The molecule has 2 amide bonds. The van der Waals surface area contributed by atoms with Crippen LogP contribution in [0.5, 0.6) is 5.75 Å². The summed E-state index contributed by atoms with van der Waals surface area (Å²) in [5.41, 5.74) is 3.25. The summed E-state index contributed by atoms with van der Waals surface area (Å²) in [4.78, 5) is 27.7. The number of fused-ring (bicyclic) bond motifs is 1. The molecule has 0 aromatic heterocycles. The summed E-state index contributed by atoms with van der Waals surface area (Å²) in [5, 5.41) is 4.83. The first-order valence-corrected chi connectivity index (χ1v) is 10.2. The Labute approximate surface area is 182 Å². The SMILES string of the molecule is COCCN(CC(=O)Nc1cccc(C)c1C)C(=O)c1cc2ccccc2cc1OC. The quantitative estimate of drug-likeness (QED) is 0.593. The van der Waals surface area contributed by atoms with E-state index in [-0.39, 0.29) is 24.9 Å². The third-order valence-corrected chi connectivity index (χ3v) is 5.36. The highest BCUT2D eigenvalue weighted by Crippen LogP contribution is 2.27. The van der Waals surface area contributed by atoms with Crippen LogP contribution in [0.2, 0.25) is 0 Å². The predicted octanol–water partition coefficient (Wildman–Crippen LogP) is 4.19. The van der Waals surface area contributed by atoms with E-state index in [2.05, 4.69) is 5.32 Å². The van der Waals surface area contributed by atoms with E-state index in [0.717, 1.165) is 27.6 Å². The van der Waals surface area contributed by atoms with Crippen LogP contribution in [0.15, 0.2) is 54.6 Å². The summed E-state index contributed by atoms with van der Waals surface area (Å²) < 4.78 is 10.6. The molecule has 3 rings (SSSR count). The number of ether oxygens (including phenoxy) is 2. The lowest BCUT2D eigenvalue weighted by Crippen LogP contribution is -2.40. The van der Waals surface area contributed by atoms with Crippen LogP contribution in [0.3, 0.4) is 0 Å². The van der Waals surface area contributed by atoms with Crippen molar-refractivity contribution in [3.63, 3.8) is 0 Å². The summed E-state index contributed by atoms with van der Waals surface area (Å²) in [6, 6.07) is 17.1. The third kappa shape index (κ3) is 5.22. The lowest BCUT2D eigenvalue weighted by molar-refractivity contribution is -0.117. The van der Waals surface area contributed by atoms with E-state index in [1.165, 1.54) is 12.0 Å². The maximum atomic E-state index is 13.4. The Morgan fingerprint density at radius 1 is 0.968 bits per heavy atom. The zero-order valence-electron chi connectivity index (χ0n) is 18.4. The number of benzene rings is 3. The second-order valence-electron chi connectivity index (χ2n) is 7.41. The molecule has 6 nitrogen and oxygen atoms in total. The van der Waals surface area contributed by atoms with Gasteiger partial charge in [-0.15, -0.1) is 0 Å². The molecule has 0 radical (unpaired) electrons. The Bertz CT molecular complexity index is 1090. The highest BCUT2D eigenvalue weighted by atomic mass is 16.5. The molecule has 0 bridgehead atoms. The molecule has 162 valence electrons. The topological polar surface area (TPSA) is 67.9 Å². The Balaban J connectivity index is 1.86. The summed E-state index contributed by atoms with van der Waals surface area (Å²) >= 11 is 0. The number of carbonyl (C=O) groups is 2. The molecule has 0 unspecified atom stereocenters. The van der Waals surface area contributed by atoms with Crippen molar-refractivity contribution in [2.75, 3.05) is 39.2 Å². The van der Waals surface area contributed by atoms with Gasteiger partial charge in [-0.1, -0.05) is 36.4 Å². The standard InChI is InChI=1S/C25H28N2O4/c1-17-8-7-11-22(18(17)2)26-24(28)16-27(12-13-30-3)25(29)21-14-19-9-5-6-10-20(19)15-23(21)31-4/h5-11,14-15H,12-13,16H2,1-4H3,(H,26,28). The first-order chi connectivity index (χ1) is 14.9. The summed E-state index contributed by atoms with van der Waals surface area (Å²) in [6.07, 6.45) is 0. The number of methoxy groups -OCH3 is 2. The minimum absolute atomic E-state index is 0.0917. The highest BCUT2D eigenvalue weighted by molar-refractivity contribution is 6.04. The van der Waals surface area contributed by atoms with Crippen LogP contribution in [0, 0.1) is 13.8 Å². The fourth-order valence-electron chi connectivity index (χ4n) is 3.43. The van der Waals surface area contributed by atoms with Crippen LogP contribution in [0.1, 0.15) is 21.5 Å². The van der Waals surface area contributed by atoms with Gasteiger partial charge in [0.1, 0.15) is 12.3 Å². The average molecular weight is 421 g/mol. The zero-order chi connectivity index (χ0) is 22.4. The van der Waals surface area contributed by atoms with Gasteiger partial charge in [-0.25, -0.2) is 0 Å². The maximum absolute atomic E-state index is 13.4. The van der Waals surface area contributed by atoms with Gasteiger partial charge in [0.2, 0.25) is 5.91 Å². The van der Waals surface area contributed by atoms with Gasteiger partial charge >= 0.3 is 0 Å². The monoisotopic (exact) mass is 420 g/mol. The number of carbonyl (C=O) groups excluding carboxylic acids is 2. The lowest BCUT2D eigenvalue weighted by Gasteiger charge is -2.23. The van der Waals surface area contributed by atoms with Gasteiger partial charge < -0.3 is 19.7 Å². The van der Waals surface area contributed by atoms with Gasteiger partial charge in [-0.05, 0) is 53.9 Å². The van der Waals surface area contributed by atoms with Crippen molar-refractivity contribution in [2.24, 2.45) is 0 Å². The minimum Gasteiger partial charge on any atom is -0.496 e. The van der Waals surface area contributed by atoms with Gasteiger partial charge in [-0.2, -0.15) is 0 Å². The molecule has 3 aromatic carbocycles. The molecule has 0 spiro atoms. The summed E-state index contributed by atoms with van der Waals surface area (Å²) in [7, 11) is 3.10. The molecule has 0 fully saturated rings. The van der Waals surface area contributed by atoms with Crippen molar-refractivity contribution in [1.82, 2.24) is 4.90 Å². The number of hydrogen-bond acceptors (Lipinski definition) is 4. The molecule has 6 heteroatoms. The summed E-state index contributed by atoms with van der Waals surface area (Å²) in [5.74, 6) is -0.0743. The van der Waals surface area contributed by atoms with Crippen molar-refractivity contribution in [3.05, 3.63) is 71.3 Å². The predicted molar refractivity (Wildman–Crippen MR) is 123 cm³/mol. The molecule has 0 atom stereocenters. The van der Waals surface area contributed by atoms with E-state index in [4.69, 9.17) is 9.47 Å². The number of nitrogens with one attached hydrogen (secondary N) is 1. The van der Waals surface area contributed by atoms with Gasteiger partial charge in [0.05, 0.1) is 19.3 Å². The van der Waals surface area contributed by atoms with Gasteiger partial charge in [0.15, 0.2) is 0 Å². The average Bonchev–Trinajstić information content (AvgIpc) is 2.78. The van der Waals surface area contributed by atoms with Crippen LogP contribution in [0.4, 0.5) is 5.69 Å². The van der Waals surface area contributed by atoms with E-state index in [1.807, 2.05) is 62.4 Å². The van der Waals surface area contributed by atoms with E-state index in [1.54, 1.807) is 13.2 Å². The van der Waals surface area contributed by atoms with Gasteiger partial charge in [0.25, 0.3) is 5.91 Å². The molecule has 0 aliphatic carbocycles. The van der Waals surface area contributed by atoms with Crippen molar-refractivity contribution in [1.29, 1.82) is 0 Å². The molecule has 31 heavy (non-hydrogen) atoms. The molecule has 0 saturated heterocycles. The molecule has 0 heterocycles. The van der Waals surface area contributed by atoms with Crippen LogP contribution in [-0.2, 0) is 9.53 Å². The minimum atomic E-state index is -0.282. The zero-order valence-corrected chi connectivity index (χ0v) is 18.4. The number of anilines is 1. The Morgan fingerprint density at radius 3 is 2.35 bits per heavy atom. The first kappa shape index (κ1) is 22.3. The van der Waals surface area contributed by atoms with E-state index in [9.17, 15) is 9.59 Å². The fourth-order valence-corrected chi connectivity index (χ4v) is 3.43. The second kappa shape index (κ2) is 10.1. The number of hydrogen-bond donors (Lipinski definition) is 1. The van der Waals surface area contributed by atoms with Crippen LogP contribution in [0.25, 0.3) is 10.8 Å². The van der Waals surface area contributed by atoms with Crippen LogP contribution < -0.4 is 10.1 Å². The van der Waals surface area contributed by atoms with Gasteiger partial charge in [-0.3, -0.25) is 9.59 Å². The number of amides is 2. The smallest absolute Gasteiger partial charge is 0.258 e. The Hall–Kier alpha value is -3.38. The first-order valence-electron chi connectivity index (χ1n) is 10.2. The highest BCUT2D eigenvalue weighted by Gasteiger charge is 2.23. The summed E-state index contributed by atoms with van der Waals surface area (Å²) in [6.45, 7) is 4.46. The molecule has 3 aromatic rings. The Kier molecular flexibility index (Phi) is 7.26. The number of nitrogens with zero attached hydrogens (tertiary/aromatic N) is 1. The number of rotatable bonds is 8. The molecule has 0 aliphatic heterocycles. The maximum Gasteiger partial charge on any atom is 0.258 e. The van der Waals surface area contributed by atoms with E-state index >= 15 is 0 Å². The molecular weight excluding hydrogens is 392 g/mol. The largest absolute Gasteiger partial charge is 0.496 e. The third-order valence-electron chi connectivity index (χ3n) is 5.36. The molecule has 1 N–H and O–H groups in total. The normalized spacial score (nSPS) is 10.7. The number of aryl methyl sites for hydroxylation is 1. The van der Waals surface area contributed by atoms with Crippen molar-refractivity contribution < 1.29 is 19.1 Å². The van der Waals surface area contributed by atoms with Crippen molar-refractivity contribution >= 4 is 28.3 Å². The van der Waals surface area contributed by atoms with E-state index in [0.29, 0.717) is 17.9 Å². The van der Waals surface area contributed by atoms with Crippen molar-refractivity contribution in [3.8, 4) is 5.75 Å². The van der Waals surface area contributed by atoms with Crippen molar-refractivity contribution in [2.45, 2.75) is 13.8 Å². The lowest BCUT2D eigenvalue weighted by atomic mass is 10.0. The van der Waals surface area contributed by atoms with Crippen LogP contribution in [-0.4, -0.2) is 50.6 Å². The van der Waals surface area contributed by atoms with Gasteiger partial charge in [0, 0.05) is 19.3 Å². The molecule has 0 saturated carbocycles. The van der Waals surface area contributed by atoms with E-state index < -0.39 is 0 Å².